The molecule has 3 aliphatic rings. The lowest BCUT2D eigenvalue weighted by molar-refractivity contribution is -0.122. The van der Waals surface area contributed by atoms with Gasteiger partial charge in [-0.05, 0) is 23.8 Å². The molecule has 6 rings (SSSR count). The number of ether oxygens (including phenoxy) is 3. The number of anilines is 1. The predicted octanol–water partition coefficient (Wildman–Crippen LogP) is 2.43. The Kier molecular flexibility index (Phi) is 3.01. The van der Waals surface area contributed by atoms with Crippen molar-refractivity contribution in [1.29, 1.82) is 0 Å². The van der Waals surface area contributed by atoms with Crippen molar-refractivity contribution in [3.8, 4) is 17.2 Å². The fourth-order valence-electron chi connectivity index (χ4n) is 4.30. The summed E-state index contributed by atoms with van der Waals surface area (Å²) in [7, 11) is 0. The SMILES string of the molecule is O=C1N(Cc2ccncn2)c2ccccc2C12COc1cc3c(cc12)OCO3. The van der Waals surface area contributed by atoms with Gasteiger partial charge in [0, 0.05) is 23.5 Å². The van der Waals surface area contributed by atoms with Crippen LogP contribution >= 0.6 is 0 Å². The van der Waals surface area contributed by atoms with E-state index in [9.17, 15) is 4.79 Å². The molecule has 4 heterocycles. The number of carbonyl (C=O) groups excluding carboxylic acids is 1. The van der Waals surface area contributed by atoms with Crippen molar-refractivity contribution >= 4 is 11.6 Å². The molecule has 2 aromatic carbocycles. The Morgan fingerprint density at radius 1 is 1.00 bits per heavy atom. The third-order valence-corrected chi connectivity index (χ3v) is 5.61. The van der Waals surface area contributed by atoms with Gasteiger partial charge in [-0.2, -0.15) is 0 Å². The van der Waals surface area contributed by atoms with Gasteiger partial charge in [-0.1, -0.05) is 18.2 Å². The molecule has 0 radical (unpaired) electrons. The van der Waals surface area contributed by atoms with Gasteiger partial charge in [0.15, 0.2) is 11.5 Å². The number of benzene rings is 2. The Bertz CT molecular complexity index is 1120. The van der Waals surface area contributed by atoms with Crippen LogP contribution in [0.15, 0.2) is 55.0 Å². The van der Waals surface area contributed by atoms with E-state index in [-0.39, 0.29) is 19.3 Å². The van der Waals surface area contributed by atoms with Gasteiger partial charge >= 0.3 is 0 Å². The molecule has 0 fully saturated rings. The molecule has 28 heavy (non-hydrogen) atoms. The minimum absolute atomic E-state index is 0.0232. The molecule has 1 aromatic heterocycles. The van der Waals surface area contributed by atoms with Gasteiger partial charge in [0.05, 0.1) is 12.2 Å². The number of aromatic nitrogens is 2. The van der Waals surface area contributed by atoms with Crippen LogP contribution in [0.1, 0.15) is 16.8 Å². The van der Waals surface area contributed by atoms with Crippen LogP contribution < -0.4 is 19.1 Å². The molecule has 1 amide bonds. The van der Waals surface area contributed by atoms with Gasteiger partial charge in [0.1, 0.15) is 24.1 Å². The first-order valence-electron chi connectivity index (χ1n) is 9.01. The van der Waals surface area contributed by atoms with Gasteiger partial charge in [-0.25, -0.2) is 9.97 Å². The first-order valence-corrected chi connectivity index (χ1v) is 9.01. The van der Waals surface area contributed by atoms with E-state index in [1.807, 2.05) is 42.5 Å². The third-order valence-electron chi connectivity index (χ3n) is 5.61. The van der Waals surface area contributed by atoms with E-state index < -0.39 is 5.41 Å². The fraction of sp³-hybridized carbons (Fsp3) is 0.190. The van der Waals surface area contributed by atoms with E-state index in [1.165, 1.54) is 6.33 Å². The van der Waals surface area contributed by atoms with E-state index >= 15 is 0 Å². The van der Waals surface area contributed by atoms with E-state index in [0.717, 1.165) is 22.5 Å². The van der Waals surface area contributed by atoms with E-state index in [1.54, 1.807) is 11.1 Å². The van der Waals surface area contributed by atoms with Crippen LogP contribution in [0.2, 0.25) is 0 Å². The summed E-state index contributed by atoms with van der Waals surface area (Å²) in [4.78, 5) is 23.8. The summed E-state index contributed by atoms with van der Waals surface area (Å²) in [6.07, 6.45) is 3.17. The fourth-order valence-corrected chi connectivity index (χ4v) is 4.30. The first kappa shape index (κ1) is 15.4. The molecule has 1 atom stereocenters. The lowest BCUT2D eigenvalue weighted by atomic mass is 9.77. The zero-order valence-electron chi connectivity index (χ0n) is 14.8. The summed E-state index contributed by atoms with van der Waals surface area (Å²) < 4.78 is 17.0. The van der Waals surface area contributed by atoms with Crippen molar-refractivity contribution < 1.29 is 19.0 Å². The molecule has 0 N–H and O–H groups in total. The number of nitrogens with zero attached hydrogens (tertiary/aromatic N) is 3. The van der Waals surface area contributed by atoms with Crippen molar-refractivity contribution in [2.75, 3.05) is 18.3 Å². The minimum atomic E-state index is -0.889. The second-order valence-electron chi connectivity index (χ2n) is 7.00. The topological polar surface area (TPSA) is 73.8 Å². The molecule has 1 spiro atoms. The summed E-state index contributed by atoms with van der Waals surface area (Å²) in [6.45, 7) is 0.803. The van der Waals surface area contributed by atoms with Gasteiger partial charge in [0.2, 0.25) is 12.7 Å². The van der Waals surface area contributed by atoms with Crippen LogP contribution in [0.4, 0.5) is 5.69 Å². The number of hydrogen-bond acceptors (Lipinski definition) is 6. The molecular weight excluding hydrogens is 358 g/mol. The zero-order valence-corrected chi connectivity index (χ0v) is 14.8. The quantitative estimate of drug-likeness (QED) is 0.687. The van der Waals surface area contributed by atoms with Crippen LogP contribution in [0.3, 0.4) is 0 Å². The average Bonchev–Trinajstić information content (AvgIpc) is 3.40. The smallest absolute Gasteiger partial charge is 0.246 e. The van der Waals surface area contributed by atoms with Crippen molar-refractivity contribution in [1.82, 2.24) is 9.97 Å². The highest BCUT2D eigenvalue weighted by atomic mass is 16.7. The average molecular weight is 373 g/mol. The summed E-state index contributed by atoms with van der Waals surface area (Å²) in [5, 5.41) is 0. The maximum Gasteiger partial charge on any atom is 0.246 e. The number of fused-ring (bicyclic) bond motifs is 5. The number of hydrogen-bond donors (Lipinski definition) is 0. The highest BCUT2D eigenvalue weighted by molar-refractivity contribution is 6.11. The van der Waals surface area contributed by atoms with Crippen molar-refractivity contribution in [3.63, 3.8) is 0 Å². The highest BCUT2D eigenvalue weighted by Crippen LogP contribution is 2.55. The molecule has 0 bridgehead atoms. The standard InChI is InChI=1S/C21H15N3O4/c25-20-21(10-26-17-8-19-18(7-15(17)21)27-12-28-19)14-3-1-2-4-16(14)24(20)9-13-5-6-22-11-23-13/h1-8,11H,9-10,12H2. The van der Waals surface area contributed by atoms with Crippen molar-refractivity contribution in [2.45, 2.75) is 12.0 Å². The van der Waals surface area contributed by atoms with E-state index in [4.69, 9.17) is 14.2 Å². The van der Waals surface area contributed by atoms with E-state index in [0.29, 0.717) is 23.8 Å². The predicted molar refractivity (Wildman–Crippen MR) is 98.5 cm³/mol. The lowest BCUT2D eigenvalue weighted by Crippen LogP contribution is -2.42. The minimum Gasteiger partial charge on any atom is -0.491 e. The summed E-state index contributed by atoms with van der Waals surface area (Å²) in [5.74, 6) is 1.93. The molecule has 7 nitrogen and oxygen atoms in total. The van der Waals surface area contributed by atoms with Crippen LogP contribution in [0, 0.1) is 0 Å². The second kappa shape index (κ2) is 5.45. The molecule has 3 aliphatic heterocycles. The normalized spacial score (nSPS) is 21.0. The molecule has 1 unspecified atom stereocenters. The van der Waals surface area contributed by atoms with Gasteiger partial charge in [-0.3, -0.25) is 4.79 Å². The summed E-state index contributed by atoms with van der Waals surface area (Å²) in [5.41, 5.74) is 2.52. The number of carbonyl (C=O) groups is 1. The van der Waals surface area contributed by atoms with Crippen molar-refractivity contribution in [2.24, 2.45) is 0 Å². The molecule has 0 aliphatic carbocycles. The number of rotatable bonds is 2. The van der Waals surface area contributed by atoms with Gasteiger partial charge < -0.3 is 19.1 Å². The Morgan fingerprint density at radius 2 is 1.86 bits per heavy atom. The third kappa shape index (κ3) is 1.90. The Hall–Kier alpha value is -3.61. The highest BCUT2D eigenvalue weighted by Gasteiger charge is 2.57. The molecule has 0 saturated heterocycles. The molecule has 7 heteroatoms. The number of amides is 1. The first-order chi connectivity index (χ1) is 13.8. The van der Waals surface area contributed by atoms with Crippen LogP contribution in [-0.2, 0) is 16.8 Å². The molecule has 0 saturated carbocycles. The molecule has 138 valence electrons. The summed E-state index contributed by atoms with van der Waals surface area (Å²) >= 11 is 0. The Morgan fingerprint density at radius 3 is 2.71 bits per heavy atom. The molecular formula is C21H15N3O4. The Labute approximate surface area is 160 Å². The van der Waals surface area contributed by atoms with Crippen LogP contribution in [0.25, 0.3) is 0 Å². The lowest BCUT2D eigenvalue weighted by Gasteiger charge is -2.23. The maximum absolute atomic E-state index is 13.8. The zero-order chi connectivity index (χ0) is 18.7. The second-order valence-corrected chi connectivity index (χ2v) is 7.00. The Balaban J connectivity index is 1.52. The van der Waals surface area contributed by atoms with Crippen LogP contribution in [-0.4, -0.2) is 29.3 Å². The number of para-hydroxylation sites is 1. The van der Waals surface area contributed by atoms with Crippen LogP contribution in [0.5, 0.6) is 17.2 Å². The van der Waals surface area contributed by atoms with Crippen molar-refractivity contribution in [3.05, 3.63) is 71.8 Å². The largest absolute Gasteiger partial charge is 0.491 e. The summed E-state index contributed by atoms with van der Waals surface area (Å²) in [6, 6.07) is 13.4. The van der Waals surface area contributed by atoms with Gasteiger partial charge in [-0.15, -0.1) is 0 Å². The maximum atomic E-state index is 13.8. The molecule has 3 aromatic rings. The van der Waals surface area contributed by atoms with Gasteiger partial charge in [0.25, 0.3) is 0 Å². The monoisotopic (exact) mass is 373 g/mol. The van der Waals surface area contributed by atoms with E-state index in [2.05, 4.69) is 9.97 Å².